The van der Waals surface area contributed by atoms with Crippen molar-refractivity contribution < 1.29 is 4.79 Å². The van der Waals surface area contributed by atoms with Crippen molar-refractivity contribution in [1.29, 1.82) is 0 Å². The minimum Gasteiger partial charge on any atom is -0.349 e. The monoisotopic (exact) mass is 308 g/mol. The molecule has 0 aromatic heterocycles. The molecule has 6 heteroatoms. The average molecular weight is 310 g/mol. The standard InChI is InChI=1S/C12H15Cl3N2O/c1-17(2)11(18)5-6-16-7-8-9(13)3-4-10(14)12(8)15/h3-4,16H,5-7H2,1-2H3. The van der Waals surface area contributed by atoms with Crippen LogP contribution in [0.3, 0.4) is 0 Å². The fourth-order valence-electron chi connectivity index (χ4n) is 1.36. The fraction of sp³-hybridized carbons (Fsp3) is 0.417. The number of hydrogen-bond acceptors (Lipinski definition) is 2. The highest BCUT2D eigenvalue weighted by Crippen LogP contribution is 2.31. The Bertz CT molecular complexity index is 436. The van der Waals surface area contributed by atoms with E-state index in [1.165, 1.54) is 0 Å². The summed E-state index contributed by atoms with van der Waals surface area (Å²) in [7, 11) is 3.46. The number of amides is 1. The van der Waals surface area contributed by atoms with E-state index in [1.807, 2.05) is 0 Å². The molecule has 0 saturated heterocycles. The zero-order valence-corrected chi connectivity index (χ0v) is 12.5. The fourth-order valence-corrected chi connectivity index (χ4v) is 2.04. The molecule has 0 radical (unpaired) electrons. The van der Waals surface area contributed by atoms with Crippen molar-refractivity contribution in [2.75, 3.05) is 20.6 Å². The van der Waals surface area contributed by atoms with Gasteiger partial charge in [-0.3, -0.25) is 4.79 Å². The molecule has 0 aliphatic heterocycles. The van der Waals surface area contributed by atoms with E-state index in [9.17, 15) is 4.79 Å². The zero-order chi connectivity index (χ0) is 13.7. The van der Waals surface area contributed by atoms with E-state index < -0.39 is 0 Å². The van der Waals surface area contributed by atoms with Gasteiger partial charge in [-0.1, -0.05) is 34.8 Å². The maximum atomic E-state index is 11.4. The first-order valence-corrected chi connectivity index (χ1v) is 6.60. The molecular formula is C12H15Cl3N2O. The third kappa shape index (κ3) is 4.32. The molecule has 0 bridgehead atoms. The Hall–Kier alpha value is -0.480. The van der Waals surface area contributed by atoms with Crippen LogP contribution in [-0.4, -0.2) is 31.4 Å². The largest absolute Gasteiger partial charge is 0.349 e. The normalized spacial score (nSPS) is 10.5. The van der Waals surface area contributed by atoms with Gasteiger partial charge >= 0.3 is 0 Å². The van der Waals surface area contributed by atoms with Crippen molar-refractivity contribution in [2.45, 2.75) is 13.0 Å². The van der Waals surface area contributed by atoms with E-state index in [0.29, 0.717) is 34.6 Å². The molecule has 3 nitrogen and oxygen atoms in total. The third-order valence-corrected chi connectivity index (χ3v) is 3.65. The van der Waals surface area contributed by atoms with Crippen LogP contribution in [0.4, 0.5) is 0 Å². The number of carbonyl (C=O) groups is 1. The highest BCUT2D eigenvalue weighted by Gasteiger charge is 2.09. The topological polar surface area (TPSA) is 32.3 Å². The Morgan fingerprint density at radius 1 is 1.22 bits per heavy atom. The van der Waals surface area contributed by atoms with Gasteiger partial charge in [0.05, 0.1) is 10.0 Å². The summed E-state index contributed by atoms with van der Waals surface area (Å²) in [5, 5.41) is 4.62. The first kappa shape index (κ1) is 15.6. The second kappa shape index (κ2) is 7.19. The molecule has 1 N–H and O–H groups in total. The number of nitrogens with zero attached hydrogens (tertiary/aromatic N) is 1. The highest BCUT2D eigenvalue weighted by molar-refractivity contribution is 6.44. The Labute approximate surface area is 122 Å². The van der Waals surface area contributed by atoms with E-state index in [-0.39, 0.29) is 5.91 Å². The van der Waals surface area contributed by atoms with Gasteiger partial charge in [0.2, 0.25) is 5.91 Å². The highest BCUT2D eigenvalue weighted by atomic mass is 35.5. The van der Waals surface area contributed by atoms with Crippen molar-refractivity contribution in [3.8, 4) is 0 Å². The van der Waals surface area contributed by atoms with E-state index in [1.54, 1.807) is 31.1 Å². The number of nitrogens with one attached hydrogen (secondary N) is 1. The number of rotatable bonds is 5. The molecule has 0 fully saturated rings. The number of hydrogen-bond donors (Lipinski definition) is 1. The molecule has 100 valence electrons. The molecule has 0 aliphatic carbocycles. The number of halogens is 3. The minimum atomic E-state index is 0.0748. The van der Waals surface area contributed by atoms with Crippen LogP contribution in [0.25, 0.3) is 0 Å². The predicted molar refractivity (Wildman–Crippen MR) is 76.5 cm³/mol. The summed E-state index contributed by atoms with van der Waals surface area (Å²) in [5.41, 5.74) is 0.753. The van der Waals surface area contributed by atoms with Crippen LogP contribution in [0.15, 0.2) is 12.1 Å². The lowest BCUT2D eigenvalue weighted by Gasteiger charge is -2.12. The molecule has 0 atom stereocenters. The second-order valence-corrected chi connectivity index (χ2v) is 5.23. The Morgan fingerprint density at radius 3 is 2.44 bits per heavy atom. The minimum absolute atomic E-state index is 0.0748. The second-order valence-electron chi connectivity index (χ2n) is 4.04. The summed E-state index contributed by atoms with van der Waals surface area (Å²) in [6, 6.07) is 3.36. The lowest BCUT2D eigenvalue weighted by atomic mass is 10.2. The lowest BCUT2D eigenvalue weighted by molar-refractivity contribution is -0.128. The first-order chi connectivity index (χ1) is 8.43. The van der Waals surface area contributed by atoms with Gasteiger partial charge in [0.25, 0.3) is 0 Å². The van der Waals surface area contributed by atoms with Gasteiger partial charge in [-0.2, -0.15) is 0 Å². The summed E-state index contributed by atoms with van der Waals surface area (Å²) >= 11 is 18.0. The number of benzene rings is 1. The van der Waals surface area contributed by atoms with Gasteiger partial charge in [0.15, 0.2) is 0 Å². The van der Waals surface area contributed by atoms with Gasteiger partial charge in [-0.15, -0.1) is 0 Å². The third-order valence-electron chi connectivity index (χ3n) is 2.46. The van der Waals surface area contributed by atoms with Gasteiger partial charge in [-0.25, -0.2) is 0 Å². The molecule has 0 spiro atoms. The van der Waals surface area contributed by atoms with Crippen LogP contribution >= 0.6 is 34.8 Å². The van der Waals surface area contributed by atoms with E-state index in [2.05, 4.69) is 5.32 Å². The van der Waals surface area contributed by atoms with Crippen LogP contribution in [-0.2, 0) is 11.3 Å². The Kier molecular flexibility index (Phi) is 6.22. The molecule has 0 heterocycles. The van der Waals surface area contributed by atoms with Crippen molar-refractivity contribution in [2.24, 2.45) is 0 Å². The van der Waals surface area contributed by atoms with E-state index in [4.69, 9.17) is 34.8 Å². The summed E-state index contributed by atoms with van der Waals surface area (Å²) in [6.07, 6.45) is 0.433. The van der Waals surface area contributed by atoms with Crippen LogP contribution in [0.2, 0.25) is 15.1 Å². The predicted octanol–water partition coefficient (Wildman–Crippen LogP) is 3.21. The molecule has 0 aliphatic rings. The van der Waals surface area contributed by atoms with Crippen molar-refractivity contribution >= 4 is 40.7 Å². The van der Waals surface area contributed by atoms with E-state index in [0.717, 1.165) is 5.56 Å². The Balaban J connectivity index is 2.50. The average Bonchev–Trinajstić information content (AvgIpc) is 2.32. The van der Waals surface area contributed by atoms with Crippen LogP contribution in [0, 0.1) is 0 Å². The zero-order valence-electron chi connectivity index (χ0n) is 10.3. The smallest absolute Gasteiger partial charge is 0.223 e. The quantitative estimate of drug-likeness (QED) is 0.669. The first-order valence-electron chi connectivity index (χ1n) is 5.46. The van der Waals surface area contributed by atoms with Crippen molar-refractivity contribution in [3.63, 3.8) is 0 Å². The van der Waals surface area contributed by atoms with Crippen LogP contribution in [0.1, 0.15) is 12.0 Å². The summed E-state index contributed by atoms with van der Waals surface area (Å²) in [6.45, 7) is 1.05. The summed E-state index contributed by atoms with van der Waals surface area (Å²) in [4.78, 5) is 12.9. The van der Waals surface area contributed by atoms with Crippen molar-refractivity contribution in [3.05, 3.63) is 32.8 Å². The lowest BCUT2D eigenvalue weighted by Crippen LogP contribution is -2.26. The van der Waals surface area contributed by atoms with Gasteiger partial charge < -0.3 is 10.2 Å². The van der Waals surface area contributed by atoms with E-state index >= 15 is 0 Å². The SMILES string of the molecule is CN(C)C(=O)CCNCc1c(Cl)ccc(Cl)c1Cl. The maximum Gasteiger partial charge on any atom is 0.223 e. The molecule has 1 rings (SSSR count). The summed E-state index contributed by atoms with van der Waals surface area (Å²) < 4.78 is 0. The number of carbonyl (C=O) groups excluding carboxylic acids is 1. The molecule has 0 saturated carbocycles. The molecule has 18 heavy (non-hydrogen) atoms. The van der Waals surface area contributed by atoms with Crippen molar-refractivity contribution in [1.82, 2.24) is 10.2 Å². The van der Waals surface area contributed by atoms with Crippen LogP contribution < -0.4 is 5.32 Å². The Morgan fingerprint density at radius 2 is 1.83 bits per heavy atom. The molecule has 1 aromatic carbocycles. The molecule has 1 aromatic rings. The maximum absolute atomic E-state index is 11.4. The summed E-state index contributed by atoms with van der Waals surface area (Å²) in [5.74, 6) is 0.0748. The van der Waals surface area contributed by atoms with Crippen LogP contribution in [0.5, 0.6) is 0 Å². The van der Waals surface area contributed by atoms with Gasteiger partial charge in [0.1, 0.15) is 0 Å². The van der Waals surface area contributed by atoms with Gasteiger partial charge in [-0.05, 0) is 12.1 Å². The molecule has 0 unspecified atom stereocenters. The van der Waals surface area contributed by atoms with Gasteiger partial charge in [0, 0.05) is 44.2 Å². The molecular weight excluding hydrogens is 295 g/mol. The molecule has 1 amide bonds.